The second-order valence-corrected chi connectivity index (χ2v) is 9.05. The number of amides is 2. The van der Waals surface area contributed by atoms with Crippen molar-refractivity contribution in [1.29, 1.82) is 0 Å². The first kappa shape index (κ1) is 22.8. The van der Waals surface area contributed by atoms with E-state index in [9.17, 15) is 14.4 Å². The Bertz CT molecular complexity index is 1020. The van der Waals surface area contributed by atoms with Gasteiger partial charge >= 0.3 is 12.1 Å². The molecule has 174 valence electrons. The van der Waals surface area contributed by atoms with E-state index in [1.807, 2.05) is 24.3 Å². The molecule has 0 spiro atoms. The number of hydrogen-bond donors (Lipinski definition) is 2. The number of carbonyl (C=O) groups is 3. The number of carbonyl (C=O) groups excluding carboxylic acids is 2. The highest BCUT2D eigenvalue weighted by molar-refractivity contribution is 5.87. The van der Waals surface area contributed by atoms with Gasteiger partial charge in [-0.15, -0.1) is 0 Å². The van der Waals surface area contributed by atoms with Gasteiger partial charge in [-0.3, -0.25) is 9.59 Å². The first-order chi connectivity index (χ1) is 15.8. The van der Waals surface area contributed by atoms with Gasteiger partial charge in [-0.25, -0.2) is 4.79 Å². The van der Waals surface area contributed by atoms with Crippen molar-refractivity contribution in [3.05, 3.63) is 59.7 Å². The van der Waals surface area contributed by atoms with Crippen molar-refractivity contribution in [2.45, 2.75) is 45.1 Å². The molecule has 2 aliphatic carbocycles. The molecule has 33 heavy (non-hydrogen) atoms. The topological polar surface area (TPSA) is 95.9 Å². The predicted octanol–water partition coefficient (Wildman–Crippen LogP) is 4.02. The fourth-order valence-corrected chi connectivity index (χ4v) is 5.29. The standard InChI is InChI=1S/C26H30N2O5/c1-3-28(15-23(29)30)24(31)26(2)14-8-13-22(26)27-25(32)33-16-21-19-11-6-4-9-17(19)18-10-5-7-12-20(18)21/h4-7,9-12,21-22H,3,8,13-16H2,1-2H3,(H,27,32)(H,29,30). The van der Waals surface area contributed by atoms with Crippen LogP contribution in [0.5, 0.6) is 0 Å². The first-order valence-corrected chi connectivity index (χ1v) is 11.5. The summed E-state index contributed by atoms with van der Waals surface area (Å²) in [6, 6.07) is 15.9. The zero-order valence-corrected chi connectivity index (χ0v) is 19.0. The number of rotatable bonds is 7. The van der Waals surface area contributed by atoms with Crippen LogP contribution in [0.1, 0.15) is 50.2 Å². The second-order valence-electron chi connectivity index (χ2n) is 9.05. The zero-order valence-electron chi connectivity index (χ0n) is 19.0. The Morgan fingerprint density at radius 2 is 1.70 bits per heavy atom. The van der Waals surface area contributed by atoms with Gasteiger partial charge in [0.2, 0.25) is 5.91 Å². The molecule has 4 rings (SSSR count). The zero-order chi connectivity index (χ0) is 23.6. The number of nitrogens with zero attached hydrogens (tertiary/aromatic N) is 1. The summed E-state index contributed by atoms with van der Waals surface area (Å²) in [5.41, 5.74) is 3.75. The van der Waals surface area contributed by atoms with Crippen LogP contribution in [0.2, 0.25) is 0 Å². The molecular weight excluding hydrogens is 420 g/mol. The third-order valence-corrected chi connectivity index (χ3v) is 7.08. The van der Waals surface area contributed by atoms with Crippen molar-refractivity contribution in [2.75, 3.05) is 19.7 Å². The molecule has 0 heterocycles. The molecule has 2 aromatic carbocycles. The van der Waals surface area contributed by atoms with Crippen molar-refractivity contribution in [2.24, 2.45) is 5.41 Å². The van der Waals surface area contributed by atoms with E-state index in [0.29, 0.717) is 19.4 Å². The molecule has 2 unspecified atom stereocenters. The molecule has 1 fully saturated rings. The molecule has 2 atom stereocenters. The number of alkyl carbamates (subject to hydrolysis) is 1. The molecular formula is C26H30N2O5. The van der Waals surface area contributed by atoms with E-state index < -0.39 is 23.5 Å². The Balaban J connectivity index is 1.43. The Morgan fingerprint density at radius 3 is 2.27 bits per heavy atom. The molecule has 1 saturated carbocycles. The smallest absolute Gasteiger partial charge is 0.407 e. The minimum absolute atomic E-state index is 0.0362. The average molecular weight is 451 g/mol. The highest BCUT2D eigenvalue weighted by atomic mass is 16.5. The van der Waals surface area contributed by atoms with E-state index in [1.165, 1.54) is 4.90 Å². The third kappa shape index (κ3) is 4.32. The Labute approximate surface area is 193 Å². The number of aliphatic carboxylic acids is 1. The highest BCUT2D eigenvalue weighted by Crippen LogP contribution is 2.44. The molecule has 2 N–H and O–H groups in total. The average Bonchev–Trinajstić information content (AvgIpc) is 3.34. The number of carboxylic acid groups (broad SMARTS) is 1. The van der Waals surface area contributed by atoms with Crippen molar-refractivity contribution < 1.29 is 24.2 Å². The second kappa shape index (κ2) is 9.25. The lowest BCUT2D eigenvalue weighted by Crippen LogP contribution is -2.53. The fourth-order valence-electron chi connectivity index (χ4n) is 5.29. The van der Waals surface area contributed by atoms with Gasteiger partial charge in [-0.1, -0.05) is 55.0 Å². The number of hydrogen-bond acceptors (Lipinski definition) is 4. The van der Waals surface area contributed by atoms with Crippen molar-refractivity contribution in [3.63, 3.8) is 0 Å². The van der Waals surface area contributed by atoms with Gasteiger partial charge in [0.05, 0.1) is 5.41 Å². The number of likely N-dealkylation sites (N-methyl/N-ethyl adjacent to an activating group) is 1. The molecule has 7 nitrogen and oxygen atoms in total. The first-order valence-electron chi connectivity index (χ1n) is 11.5. The van der Waals surface area contributed by atoms with Crippen LogP contribution in [0, 0.1) is 5.41 Å². The van der Waals surface area contributed by atoms with E-state index in [4.69, 9.17) is 9.84 Å². The predicted molar refractivity (Wildman–Crippen MR) is 124 cm³/mol. The molecule has 2 aliphatic rings. The van der Waals surface area contributed by atoms with Crippen LogP contribution in [-0.4, -0.2) is 53.7 Å². The van der Waals surface area contributed by atoms with Crippen molar-refractivity contribution >= 4 is 18.0 Å². The molecule has 0 bridgehead atoms. The normalized spacial score (nSPS) is 21.2. The maximum atomic E-state index is 13.1. The van der Waals surface area contributed by atoms with Crippen LogP contribution >= 0.6 is 0 Å². The summed E-state index contributed by atoms with van der Waals surface area (Å²) < 4.78 is 5.66. The van der Waals surface area contributed by atoms with Crippen LogP contribution in [-0.2, 0) is 14.3 Å². The third-order valence-electron chi connectivity index (χ3n) is 7.08. The van der Waals surface area contributed by atoms with Crippen LogP contribution in [0.25, 0.3) is 11.1 Å². The van der Waals surface area contributed by atoms with Gasteiger partial charge in [-0.05, 0) is 48.9 Å². The van der Waals surface area contributed by atoms with Crippen LogP contribution in [0.15, 0.2) is 48.5 Å². The van der Waals surface area contributed by atoms with Crippen LogP contribution in [0.4, 0.5) is 4.79 Å². The molecule has 7 heteroatoms. The quantitative estimate of drug-likeness (QED) is 0.664. The van der Waals surface area contributed by atoms with Crippen LogP contribution < -0.4 is 5.32 Å². The van der Waals surface area contributed by atoms with E-state index >= 15 is 0 Å². The lowest BCUT2D eigenvalue weighted by molar-refractivity contribution is -0.149. The van der Waals surface area contributed by atoms with Crippen molar-refractivity contribution in [1.82, 2.24) is 10.2 Å². The number of fused-ring (bicyclic) bond motifs is 3. The maximum Gasteiger partial charge on any atom is 0.407 e. The van der Waals surface area contributed by atoms with Crippen LogP contribution in [0.3, 0.4) is 0 Å². The highest BCUT2D eigenvalue weighted by Gasteiger charge is 2.48. The number of ether oxygens (including phenoxy) is 1. The Kier molecular flexibility index (Phi) is 6.40. The minimum Gasteiger partial charge on any atom is -0.480 e. The molecule has 2 amide bonds. The summed E-state index contributed by atoms with van der Waals surface area (Å²) in [6.45, 7) is 3.73. The number of benzene rings is 2. The summed E-state index contributed by atoms with van der Waals surface area (Å²) in [5.74, 6) is -1.33. The van der Waals surface area contributed by atoms with Gasteiger partial charge in [0.25, 0.3) is 0 Å². The molecule has 0 radical (unpaired) electrons. The SMILES string of the molecule is CCN(CC(=O)O)C(=O)C1(C)CCCC1NC(=O)OCC1c2ccccc2-c2ccccc21. The molecule has 0 saturated heterocycles. The Morgan fingerprint density at radius 1 is 1.09 bits per heavy atom. The Hall–Kier alpha value is -3.35. The summed E-state index contributed by atoms with van der Waals surface area (Å²) in [6.07, 6.45) is 1.47. The lowest BCUT2D eigenvalue weighted by atomic mass is 9.83. The maximum absolute atomic E-state index is 13.1. The summed E-state index contributed by atoms with van der Waals surface area (Å²) in [5, 5.41) is 12.0. The summed E-state index contributed by atoms with van der Waals surface area (Å²) in [4.78, 5) is 38.4. The summed E-state index contributed by atoms with van der Waals surface area (Å²) in [7, 11) is 0. The van der Waals surface area contributed by atoms with Gasteiger partial charge in [0, 0.05) is 18.5 Å². The summed E-state index contributed by atoms with van der Waals surface area (Å²) >= 11 is 0. The molecule has 0 aliphatic heterocycles. The van der Waals surface area contributed by atoms with E-state index in [2.05, 4.69) is 29.6 Å². The minimum atomic E-state index is -1.05. The molecule has 0 aromatic heterocycles. The van der Waals surface area contributed by atoms with Crippen molar-refractivity contribution in [3.8, 4) is 11.1 Å². The van der Waals surface area contributed by atoms with Gasteiger partial charge in [0.15, 0.2) is 0 Å². The fraction of sp³-hybridized carbons (Fsp3) is 0.423. The van der Waals surface area contributed by atoms with Gasteiger partial charge in [0.1, 0.15) is 13.2 Å². The van der Waals surface area contributed by atoms with Gasteiger partial charge < -0.3 is 20.1 Å². The van der Waals surface area contributed by atoms with Gasteiger partial charge in [-0.2, -0.15) is 0 Å². The monoisotopic (exact) mass is 450 g/mol. The largest absolute Gasteiger partial charge is 0.480 e. The van der Waals surface area contributed by atoms with E-state index in [-0.39, 0.29) is 25.0 Å². The number of nitrogens with one attached hydrogen (secondary N) is 1. The van der Waals surface area contributed by atoms with E-state index in [0.717, 1.165) is 28.7 Å². The number of carboxylic acids is 1. The van der Waals surface area contributed by atoms with E-state index in [1.54, 1.807) is 13.8 Å². The molecule has 2 aromatic rings. The lowest BCUT2D eigenvalue weighted by Gasteiger charge is -2.35.